The summed E-state index contributed by atoms with van der Waals surface area (Å²) in [5.74, 6) is 0. The third kappa shape index (κ3) is 5.00. The minimum absolute atomic E-state index is 0.900. The molecule has 0 bridgehead atoms. The number of rotatable bonds is 7. The first-order valence-corrected chi connectivity index (χ1v) is 9.40. The Bertz CT molecular complexity index is 462. The van der Waals surface area contributed by atoms with Gasteiger partial charge in [0.1, 0.15) is 0 Å². The predicted octanol–water partition coefficient (Wildman–Crippen LogP) is 2.08. The highest BCUT2D eigenvalue weighted by molar-refractivity contribution is 5.17. The van der Waals surface area contributed by atoms with Crippen LogP contribution >= 0.6 is 0 Å². The van der Waals surface area contributed by atoms with Gasteiger partial charge in [0.15, 0.2) is 0 Å². The van der Waals surface area contributed by atoms with Crippen LogP contribution < -0.4 is 5.32 Å². The molecule has 2 heterocycles. The van der Waals surface area contributed by atoms with E-state index in [1.807, 2.05) is 12.3 Å². The summed E-state index contributed by atoms with van der Waals surface area (Å²) >= 11 is 0. The zero-order chi connectivity index (χ0) is 15.9. The van der Waals surface area contributed by atoms with Gasteiger partial charge in [0.05, 0.1) is 0 Å². The first-order valence-electron chi connectivity index (χ1n) is 9.40. The molecular formula is C19H32N4. The van der Waals surface area contributed by atoms with Crippen molar-refractivity contribution in [3.63, 3.8) is 0 Å². The molecule has 23 heavy (non-hydrogen) atoms. The maximum Gasteiger partial charge on any atom is 0.0445 e. The van der Waals surface area contributed by atoms with Gasteiger partial charge in [0.25, 0.3) is 0 Å². The lowest BCUT2D eigenvalue weighted by Gasteiger charge is -2.38. The van der Waals surface area contributed by atoms with E-state index < -0.39 is 0 Å². The molecule has 3 rings (SSSR count). The molecule has 4 nitrogen and oxygen atoms in total. The fourth-order valence-corrected chi connectivity index (χ4v) is 3.97. The summed E-state index contributed by atoms with van der Waals surface area (Å²) in [6.45, 7) is 10.5. The Balaban J connectivity index is 1.26. The highest BCUT2D eigenvalue weighted by atomic mass is 15.3. The van der Waals surface area contributed by atoms with Crippen LogP contribution in [-0.4, -0.2) is 66.6 Å². The Labute approximate surface area is 141 Å². The zero-order valence-electron chi connectivity index (χ0n) is 14.6. The standard InChI is InChI=1S/C19H32N4/c1-17-5-4-9-21-19(17)8-10-20-11-12-22-13-15-23(16-14-22)18-6-2-3-7-18/h4-5,9,18,20H,2-3,6-8,10-16H2,1H3. The highest BCUT2D eigenvalue weighted by Crippen LogP contribution is 2.24. The third-order valence-corrected chi connectivity index (χ3v) is 5.51. The Morgan fingerprint density at radius 3 is 2.65 bits per heavy atom. The van der Waals surface area contributed by atoms with E-state index in [2.05, 4.69) is 33.1 Å². The van der Waals surface area contributed by atoms with Gasteiger partial charge in [-0.3, -0.25) is 14.8 Å². The van der Waals surface area contributed by atoms with E-state index in [1.165, 1.54) is 69.7 Å². The smallest absolute Gasteiger partial charge is 0.0445 e. The molecule has 0 spiro atoms. The molecule has 1 aromatic heterocycles. The van der Waals surface area contributed by atoms with Crippen molar-refractivity contribution in [3.05, 3.63) is 29.6 Å². The van der Waals surface area contributed by atoms with Crippen LogP contribution in [0, 0.1) is 6.92 Å². The summed E-state index contributed by atoms with van der Waals surface area (Å²) in [5, 5.41) is 3.58. The van der Waals surface area contributed by atoms with Crippen molar-refractivity contribution in [3.8, 4) is 0 Å². The SMILES string of the molecule is Cc1cccnc1CCNCCN1CCN(C2CCCC2)CC1. The van der Waals surface area contributed by atoms with Crippen molar-refractivity contribution in [1.82, 2.24) is 20.1 Å². The molecule has 4 heteroatoms. The Hall–Kier alpha value is -0.970. The number of nitrogens with one attached hydrogen (secondary N) is 1. The largest absolute Gasteiger partial charge is 0.315 e. The maximum atomic E-state index is 4.46. The Morgan fingerprint density at radius 1 is 1.13 bits per heavy atom. The first kappa shape index (κ1) is 16.9. The average Bonchev–Trinajstić information content (AvgIpc) is 3.11. The van der Waals surface area contributed by atoms with Crippen LogP contribution in [0.25, 0.3) is 0 Å². The predicted molar refractivity (Wildman–Crippen MR) is 95.8 cm³/mol. The minimum atomic E-state index is 0.900. The summed E-state index contributed by atoms with van der Waals surface area (Å²) in [5.41, 5.74) is 2.53. The second-order valence-electron chi connectivity index (χ2n) is 7.08. The van der Waals surface area contributed by atoms with Crippen LogP contribution in [-0.2, 0) is 6.42 Å². The number of aromatic nitrogens is 1. The van der Waals surface area contributed by atoms with Gasteiger partial charge in [-0.2, -0.15) is 0 Å². The van der Waals surface area contributed by atoms with E-state index >= 15 is 0 Å². The van der Waals surface area contributed by atoms with Gasteiger partial charge in [-0.05, 0) is 31.4 Å². The molecular weight excluding hydrogens is 284 g/mol. The maximum absolute atomic E-state index is 4.46. The molecule has 1 aliphatic carbocycles. The van der Waals surface area contributed by atoms with E-state index in [-0.39, 0.29) is 0 Å². The molecule has 0 aromatic carbocycles. The van der Waals surface area contributed by atoms with E-state index in [4.69, 9.17) is 0 Å². The fourth-order valence-electron chi connectivity index (χ4n) is 3.97. The van der Waals surface area contributed by atoms with E-state index in [0.29, 0.717) is 0 Å². The lowest BCUT2D eigenvalue weighted by molar-refractivity contribution is 0.0985. The summed E-state index contributed by atoms with van der Waals surface area (Å²) in [6.07, 6.45) is 8.70. The number of hydrogen-bond donors (Lipinski definition) is 1. The van der Waals surface area contributed by atoms with E-state index in [1.54, 1.807) is 0 Å². The van der Waals surface area contributed by atoms with E-state index in [0.717, 1.165) is 25.6 Å². The lowest BCUT2D eigenvalue weighted by Crippen LogP contribution is -2.50. The van der Waals surface area contributed by atoms with Gasteiger partial charge in [-0.25, -0.2) is 0 Å². The van der Waals surface area contributed by atoms with Crippen LogP contribution in [0.5, 0.6) is 0 Å². The van der Waals surface area contributed by atoms with Crippen LogP contribution in [0.2, 0.25) is 0 Å². The summed E-state index contributed by atoms with van der Waals surface area (Å²) in [4.78, 5) is 9.81. The molecule has 0 atom stereocenters. The van der Waals surface area contributed by atoms with Gasteiger partial charge in [-0.15, -0.1) is 0 Å². The molecule has 1 saturated heterocycles. The lowest BCUT2D eigenvalue weighted by atomic mass is 10.1. The second-order valence-corrected chi connectivity index (χ2v) is 7.08. The van der Waals surface area contributed by atoms with Gasteiger partial charge in [-0.1, -0.05) is 18.9 Å². The van der Waals surface area contributed by atoms with Crippen LogP contribution in [0.1, 0.15) is 36.9 Å². The molecule has 0 amide bonds. The van der Waals surface area contributed by atoms with Crippen LogP contribution in [0.3, 0.4) is 0 Å². The topological polar surface area (TPSA) is 31.4 Å². The molecule has 0 unspecified atom stereocenters. The second kappa shape index (κ2) is 8.76. The van der Waals surface area contributed by atoms with E-state index in [9.17, 15) is 0 Å². The molecule has 1 saturated carbocycles. The quantitative estimate of drug-likeness (QED) is 0.781. The summed E-state index contributed by atoms with van der Waals surface area (Å²) < 4.78 is 0. The normalized spacial score (nSPS) is 21.1. The minimum Gasteiger partial charge on any atom is -0.315 e. The zero-order valence-corrected chi connectivity index (χ0v) is 14.6. The number of pyridine rings is 1. The fraction of sp³-hybridized carbons (Fsp3) is 0.737. The first-order chi connectivity index (χ1) is 11.3. The third-order valence-electron chi connectivity index (χ3n) is 5.51. The van der Waals surface area contributed by atoms with Crippen molar-refractivity contribution < 1.29 is 0 Å². The summed E-state index contributed by atoms with van der Waals surface area (Å²) in [6, 6.07) is 5.06. The Kier molecular flexibility index (Phi) is 6.43. The van der Waals surface area contributed by atoms with Crippen molar-refractivity contribution >= 4 is 0 Å². The number of nitrogens with zero attached hydrogens (tertiary/aromatic N) is 3. The molecule has 0 radical (unpaired) electrons. The molecule has 1 aromatic rings. The molecule has 1 aliphatic heterocycles. The van der Waals surface area contributed by atoms with Crippen molar-refractivity contribution in [2.75, 3.05) is 45.8 Å². The van der Waals surface area contributed by atoms with Crippen molar-refractivity contribution in [2.45, 2.75) is 45.1 Å². The number of hydrogen-bond acceptors (Lipinski definition) is 4. The molecule has 2 fully saturated rings. The average molecular weight is 316 g/mol. The van der Waals surface area contributed by atoms with Crippen molar-refractivity contribution in [2.24, 2.45) is 0 Å². The molecule has 2 aliphatic rings. The Morgan fingerprint density at radius 2 is 1.91 bits per heavy atom. The summed E-state index contributed by atoms with van der Waals surface area (Å²) in [7, 11) is 0. The molecule has 128 valence electrons. The van der Waals surface area contributed by atoms with Gasteiger partial charge < -0.3 is 5.32 Å². The van der Waals surface area contributed by atoms with Gasteiger partial charge in [0, 0.05) is 70.2 Å². The number of aryl methyl sites for hydroxylation is 1. The van der Waals surface area contributed by atoms with Gasteiger partial charge in [0.2, 0.25) is 0 Å². The highest BCUT2D eigenvalue weighted by Gasteiger charge is 2.25. The number of piperazine rings is 1. The van der Waals surface area contributed by atoms with Crippen LogP contribution in [0.15, 0.2) is 18.3 Å². The molecule has 1 N–H and O–H groups in total. The van der Waals surface area contributed by atoms with Crippen molar-refractivity contribution in [1.29, 1.82) is 0 Å². The van der Waals surface area contributed by atoms with Crippen LogP contribution in [0.4, 0.5) is 0 Å². The van der Waals surface area contributed by atoms with Gasteiger partial charge >= 0.3 is 0 Å². The monoisotopic (exact) mass is 316 g/mol.